The lowest BCUT2D eigenvalue weighted by Crippen LogP contribution is -2.53. The molecule has 3 amide bonds. The fraction of sp³-hybridized carbons (Fsp3) is 0.512. The minimum Gasteiger partial charge on any atom is -0.487 e. The zero-order valence-electron chi connectivity index (χ0n) is 32.0. The molecule has 0 radical (unpaired) electrons. The first-order valence-electron chi connectivity index (χ1n) is 20.0. The Hall–Kier alpha value is -3.97. The first-order chi connectivity index (χ1) is 27.0. The number of hydrogen-bond donors (Lipinski definition) is 1. The van der Waals surface area contributed by atoms with Gasteiger partial charge in [-0.3, -0.25) is 19.3 Å². The first kappa shape index (κ1) is 38.9. The molecule has 56 heavy (non-hydrogen) atoms. The SMILES string of the molecule is C[C@@H]1[C@@H](C)CCC[C@H]([C@H]2OC[C@H](N3C(=O)c4ccccc4C3=O)CO2)[C@@H]2CC[C@H]2CN2CCCCc3cc(Cl)ccc3COc3ccc(cc32)C(=O)NS1(=O)=O. The summed E-state index contributed by atoms with van der Waals surface area (Å²) in [6, 6.07) is 17.4. The van der Waals surface area contributed by atoms with E-state index in [1.165, 1.54) is 4.90 Å². The standard InChI is InChI=1S/C43H50ClN3O8S/c1-26-8-7-12-37(43-54-24-33(25-55-43)47-41(49)35-10-3-4-11-36(35)42(47)50)34-17-14-30(34)22-46-19-6-5-9-28-20-32(44)16-13-31(28)23-53-39-18-15-29(21-38(39)46)40(48)45-56(51,52)27(26)2/h3-4,10-11,13,15-16,18,20-21,26-27,30,33-34,37,43H,5-9,12,14,17,19,22-25H2,1-2H3,(H,45,48)/t26-,27+,30-,33-,34+,37-,43-/m0/s1. The Labute approximate surface area is 334 Å². The number of carbonyl (C=O) groups excluding carboxylic acids is 3. The van der Waals surface area contributed by atoms with Crippen LogP contribution in [-0.2, 0) is 32.5 Å². The normalized spacial score (nSPS) is 29.8. The third-order valence-electron chi connectivity index (χ3n) is 12.9. The highest BCUT2D eigenvalue weighted by molar-refractivity contribution is 7.90. The molecule has 3 aromatic rings. The largest absolute Gasteiger partial charge is 0.487 e. The number of benzene rings is 3. The van der Waals surface area contributed by atoms with Crippen molar-refractivity contribution in [2.24, 2.45) is 23.7 Å². The molecule has 0 spiro atoms. The number of hydrogen-bond acceptors (Lipinski definition) is 9. The molecule has 1 N–H and O–H groups in total. The number of carbonyl (C=O) groups is 3. The number of fused-ring (bicyclic) bond motifs is 4. The van der Waals surface area contributed by atoms with Crippen LogP contribution in [-0.4, -0.2) is 74.9 Å². The maximum Gasteiger partial charge on any atom is 0.264 e. The van der Waals surface area contributed by atoms with Crippen molar-refractivity contribution in [1.29, 1.82) is 0 Å². The van der Waals surface area contributed by atoms with Gasteiger partial charge in [0.1, 0.15) is 12.4 Å². The summed E-state index contributed by atoms with van der Waals surface area (Å²) in [4.78, 5) is 43.7. The van der Waals surface area contributed by atoms with Crippen molar-refractivity contribution < 1.29 is 37.0 Å². The van der Waals surface area contributed by atoms with E-state index in [-0.39, 0.29) is 48.3 Å². The van der Waals surface area contributed by atoms with Gasteiger partial charge < -0.3 is 19.1 Å². The molecule has 2 fully saturated rings. The molecule has 1 aliphatic carbocycles. The second kappa shape index (κ2) is 16.1. The number of anilines is 1. The van der Waals surface area contributed by atoms with E-state index in [1.807, 2.05) is 25.1 Å². The smallest absolute Gasteiger partial charge is 0.264 e. The molecule has 13 heteroatoms. The number of rotatable bonds is 2. The monoisotopic (exact) mass is 803 g/mol. The Balaban J connectivity index is 1.08. The second-order valence-electron chi connectivity index (χ2n) is 16.3. The maximum absolute atomic E-state index is 13.6. The number of aryl methyl sites for hydroxylation is 1. The summed E-state index contributed by atoms with van der Waals surface area (Å²) in [6.07, 6.45) is 6.32. The summed E-state index contributed by atoms with van der Waals surface area (Å²) >= 11 is 6.39. The number of ether oxygens (including phenoxy) is 3. The predicted octanol–water partition coefficient (Wildman–Crippen LogP) is 7.01. The highest BCUT2D eigenvalue weighted by Crippen LogP contribution is 2.46. The van der Waals surface area contributed by atoms with E-state index in [0.717, 1.165) is 74.8 Å². The highest BCUT2D eigenvalue weighted by atomic mass is 35.5. The van der Waals surface area contributed by atoms with E-state index in [0.29, 0.717) is 40.8 Å². The molecule has 4 heterocycles. The van der Waals surface area contributed by atoms with Crippen molar-refractivity contribution >= 4 is 45.0 Å². The van der Waals surface area contributed by atoms with Crippen LogP contribution < -0.4 is 14.4 Å². The van der Waals surface area contributed by atoms with E-state index in [9.17, 15) is 22.8 Å². The van der Waals surface area contributed by atoms with Gasteiger partial charge in [-0.25, -0.2) is 13.1 Å². The van der Waals surface area contributed by atoms with Crippen LogP contribution >= 0.6 is 11.6 Å². The fourth-order valence-corrected chi connectivity index (χ4v) is 10.7. The van der Waals surface area contributed by atoms with Crippen LogP contribution in [0.25, 0.3) is 0 Å². The van der Waals surface area contributed by atoms with Crippen molar-refractivity contribution in [3.05, 3.63) is 93.5 Å². The fourth-order valence-electron chi connectivity index (χ4n) is 9.24. The molecule has 11 nitrogen and oxygen atoms in total. The molecule has 0 unspecified atom stereocenters. The molecule has 4 aliphatic heterocycles. The van der Waals surface area contributed by atoms with Gasteiger partial charge in [0.2, 0.25) is 10.0 Å². The van der Waals surface area contributed by atoms with Gasteiger partial charge in [0, 0.05) is 29.6 Å². The number of nitrogens with one attached hydrogen (secondary N) is 1. The van der Waals surface area contributed by atoms with Crippen LogP contribution in [0, 0.1) is 23.7 Å². The molecule has 5 atom stereocenters. The highest BCUT2D eigenvalue weighted by Gasteiger charge is 2.46. The van der Waals surface area contributed by atoms with Crippen LogP contribution in [0.4, 0.5) is 5.69 Å². The average molecular weight is 804 g/mol. The Bertz CT molecular complexity index is 2070. The lowest BCUT2D eigenvalue weighted by atomic mass is 9.65. The Morgan fingerprint density at radius 2 is 1.55 bits per heavy atom. The number of amides is 3. The van der Waals surface area contributed by atoms with E-state index in [1.54, 1.807) is 49.4 Å². The van der Waals surface area contributed by atoms with Gasteiger partial charge >= 0.3 is 0 Å². The van der Waals surface area contributed by atoms with Crippen molar-refractivity contribution in [3.63, 3.8) is 0 Å². The predicted molar refractivity (Wildman–Crippen MR) is 212 cm³/mol. The number of sulfonamides is 1. The topological polar surface area (TPSA) is 132 Å². The van der Waals surface area contributed by atoms with Crippen molar-refractivity contribution in [2.75, 3.05) is 31.2 Å². The molecule has 8 rings (SSSR count). The van der Waals surface area contributed by atoms with Gasteiger partial charge in [0.15, 0.2) is 6.29 Å². The third-order valence-corrected chi connectivity index (χ3v) is 15.0. The van der Waals surface area contributed by atoms with Gasteiger partial charge in [0.25, 0.3) is 17.7 Å². The number of halogens is 1. The quantitative estimate of drug-likeness (QED) is 0.272. The molecule has 2 bridgehead atoms. The molecule has 5 aliphatic rings. The molecular formula is C43H50ClN3O8S. The second-order valence-corrected chi connectivity index (χ2v) is 18.7. The van der Waals surface area contributed by atoms with Crippen LogP contribution in [0.5, 0.6) is 5.75 Å². The first-order valence-corrected chi connectivity index (χ1v) is 22.0. The summed E-state index contributed by atoms with van der Waals surface area (Å²) < 4.78 is 49.0. The molecule has 298 valence electrons. The van der Waals surface area contributed by atoms with Gasteiger partial charge in [0.05, 0.1) is 41.3 Å². The Morgan fingerprint density at radius 3 is 2.27 bits per heavy atom. The van der Waals surface area contributed by atoms with Crippen molar-refractivity contribution in [3.8, 4) is 5.75 Å². The minimum atomic E-state index is -3.99. The average Bonchev–Trinajstić information content (AvgIpc) is 3.42. The van der Waals surface area contributed by atoms with Gasteiger partial charge in [-0.2, -0.15) is 0 Å². The van der Waals surface area contributed by atoms with E-state index in [2.05, 4.69) is 9.62 Å². The van der Waals surface area contributed by atoms with Crippen molar-refractivity contribution in [2.45, 2.75) is 89.4 Å². The molecular weight excluding hydrogens is 754 g/mol. The molecule has 3 aromatic carbocycles. The maximum atomic E-state index is 13.6. The summed E-state index contributed by atoms with van der Waals surface area (Å²) in [5, 5.41) is -0.111. The zero-order chi connectivity index (χ0) is 39.1. The van der Waals surface area contributed by atoms with Crippen molar-refractivity contribution in [1.82, 2.24) is 9.62 Å². The van der Waals surface area contributed by atoms with Gasteiger partial charge in [-0.1, -0.05) is 43.1 Å². The van der Waals surface area contributed by atoms with Crippen LogP contribution in [0.1, 0.15) is 101 Å². The van der Waals surface area contributed by atoms with Crippen LogP contribution in [0.2, 0.25) is 5.02 Å². The lowest BCUT2D eigenvalue weighted by Gasteiger charge is -2.48. The Morgan fingerprint density at radius 1 is 0.804 bits per heavy atom. The Kier molecular flexibility index (Phi) is 11.2. The summed E-state index contributed by atoms with van der Waals surface area (Å²) in [6.45, 7) is 5.71. The summed E-state index contributed by atoms with van der Waals surface area (Å²) in [5.41, 5.74) is 4.03. The van der Waals surface area contributed by atoms with E-state index < -0.39 is 33.5 Å². The lowest BCUT2D eigenvalue weighted by molar-refractivity contribution is -0.237. The van der Waals surface area contributed by atoms with Gasteiger partial charge in [-0.15, -0.1) is 0 Å². The minimum absolute atomic E-state index is 0.0221. The summed E-state index contributed by atoms with van der Waals surface area (Å²) in [7, 11) is -3.99. The molecule has 1 saturated heterocycles. The van der Waals surface area contributed by atoms with Gasteiger partial charge in [-0.05, 0) is 123 Å². The van der Waals surface area contributed by atoms with E-state index in [4.69, 9.17) is 25.8 Å². The number of nitrogens with zero attached hydrogens (tertiary/aromatic N) is 2. The molecule has 0 aromatic heterocycles. The molecule has 1 saturated carbocycles. The number of imide groups is 1. The third kappa shape index (κ3) is 7.69. The zero-order valence-corrected chi connectivity index (χ0v) is 33.5. The van der Waals surface area contributed by atoms with Crippen LogP contribution in [0.3, 0.4) is 0 Å². The summed E-state index contributed by atoms with van der Waals surface area (Å²) in [5.74, 6) is -0.301. The van der Waals surface area contributed by atoms with Crippen LogP contribution in [0.15, 0.2) is 60.7 Å². The van der Waals surface area contributed by atoms with E-state index >= 15 is 0 Å².